The van der Waals surface area contributed by atoms with Gasteiger partial charge in [0.05, 0.1) is 6.04 Å². The second kappa shape index (κ2) is 6.75. The molecular weight excluding hydrogens is 316 g/mol. The van der Waals surface area contributed by atoms with E-state index < -0.39 is 0 Å². The van der Waals surface area contributed by atoms with E-state index in [1.807, 2.05) is 37.3 Å². The van der Waals surface area contributed by atoms with Crippen LogP contribution in [0.15, 0.2) is 41.0 Å². The Bertz CT molecular complexity index is 569. The third kappa shape index (κ3) is 4.23. The predicted molar refractivity (Wildman–Crippen MR) is 86.4 cm³/mol. The molecule has 3 nitrogen and oxygen atoms in total. The topological polar surface area (TPSA) is 34.1 Å². The monoisotopic (exact) mass is 334 g/mol. The van der Waals surface area contributed by atoms with Gasteiger partial charge >= 0.3 is 0 Å². The van der Waals surface area contributed by atoms with Gasteiger partial charge in [0.25, 0.3) is 0 Å². The van der Waals surface area contributed by atoms with Gasteiger partial charge in [-0.15, -0.1) is 0 Å². The van der Waals surface area contributed by atoms with Crippen molar-refractivity contribution < 1.29 is 4.74 Å². The lowest BCUT2D eigenvalue weighted by molar-refractivity contribution is 0.303. The molecule has 0 spiro atoms. The van der Waals surface area contributed by atoms with E-state index in [0.717, 1.165) is 21.6 Å². The minimum Gasteiger partial charge on any atom is -0.491 e. The summed E-state index contributed by atoms with van der Waals surface area (Å²) in [5.41, 5.74) is 2.35. The molecule has 0 aliphatic heterocycles. The molecule has 0 aliphatic rings. The van der Waals surface area contributed by atoms with E-state index in [2.05, 4.69) is 40.1 Å². The van der Waals surface area contributed by atoms with Gasteiger partial charge < -0.3 is 10.1 Å². The third-order valence-corrected chi connectivity index (χ3v) is 3.38. The number of rotatable bonds is 5. The zero-order valence-corrected chi connectivity index (χ0v) is 13.6. The molecular formula is C16H19BrN2O. The van der Waals surface area contributed by atoms with Gasteiger partial charge in [-0.1, -0.05) is 17.7 Å². The highest BCUT2D eigenvalue weighted by molar-refractivity contribution is 9.10. The number of aromatic nitrogens is 1. The maximum absolute atomic E-state index is 5.76. The average Bonchev–Trinajstić information content (AvgIpc) is 2.41. The minimum absolute atomic E-state index is 0.184. The number of aryl methyl sites for hydroxylation is 2. The Labute approximate surface area is 128 Å². The molecule has 0 amide bonds. The quantitative estimate of drug-likeness (QED) is 0.883. The van der Waals surface area contributed by atoms with Crippen LogP contribution in [0.4, 0.5) is 5.82 Å². The summed E-state index contributed by atoms with van der Waals surface area (Å²) in [7, 11) is 0. The Morgan fingerprint density at radius 2 is 1.95 bits per heavy atom. The first-order valence-electron chi connectivity index (χ1n) is 6.63. The first-order valence-corrected chi connectivity index (χ1v) is 7.42. The van der Waals surface area contributed by atoms with Crippen LogP contribution in [0.2, 0.25) is 0 Å². The molecule has 106 valence electrons. The van der Waals surface area contributed by atoms with Crippen LogP contribution in [0.3, 0.4) is 0 Å². The van der Waals surface area contributed by atoms with Crippen molar-refractivity contribution in [3.05, 3.63) is 52.1 Å². The van der Waals surface area contributed by atoms with Gasteiger partial charge in [-0.05, 0) is 60.5 Å². The standard InChI is InChI=1S/C16H19BrN2O/c1-11-4-6-15(7-5-11)20-10-13(3)19-16-12(2)8-14(17)9-18-16/h4-9,13H,10H2,1-3H3,(H,18,19). The Balaban J connectivity index is 1.89. The summed E-state index contributed by atoms with van der Waals surface area (Å²) in [6.45, 7) is 6.78. The average molecular weight is 335 g/mol. The molecule has 1 atom stereocenters. The molecule has 0 saturated carbocycles. The van der Waals surface area contributed by atoms with Crippen molar-refractivity contribution in [2.75, 3.05) is 11.9 Å². The van der Waals surface area contributed by atoms with Crippen molar-refractivity contribution in [1.82, 2.24) is 4.98 Å². The molecule has 1 N–H and O–H groups in total. The largest absolute Gasteiger partial charge is 0.491 e. The second-order valence-electron chi connectivity index (χ2n) is 4.99. The van der Waals surface area contributed by atoms with Gasteiger partial charge in [0.2, 0.25) is 0 Å². The van der Waals surface area contributed by atoms with Crippen molar-refractivity contribution in [2.24, 2.45) is 0 Å². The van der Waals surface area contributed by atoms with Crippen molar-refractivity contribution in [3.8, 4) is 5.75 Å². The predicted octanol–water partition coefficient (Wildman–Crippen LogP) is 4.34. The highest BCUT2D eigenvalue weighted by atomic mass is 79.9. The number of halogens is 1. The number of pyridine rings is 1. The smallest absolute Gasteiger partial charge is 0.129 e. The number of hydrogen-bond acceptors (Lipinski definition) is 3. The van der Waals surface area contributed by atoms with Gasteiger partial charge in [-0.2, -0.15) is 0 Å². The lowest BCUT2D eigenvalue weighted by atomic mass is 10.2. The van der Waals surface area contributed by atoms with Crippen molar-refractivity contribution >= 4 is 21.7 Å². The first-order chi connectivity index (χ1) is 9.54. The third-order valence-electron chi connectivity index (χ3n) is 2.95. The number of benzene rings is 1. The van der Waals surface area contributed by atoms with E-state index in [-0.39, 0.29) is 6.04 Å². The van der Waals surface area contributed by atoms with Gasteiger partial charge in [0.15, 0.2) is 0 Å². The lowest BCUT2D eigenvalue weighted by Crippen LogP contribution is -2.24. The summed E-state index contributed by atoms with van der Waals surface area (Å²) in [6.07, 6.45) is 1.79. The van der Waals surface area contributed by atoms with E-state index in [4.69, 9.17) is 4.74 Å². The molecule has 1 aromatic carbocycles. The van der Waals surface area contributed by atoms with Crippen LogP contribution < -0.4 is 10.1 Å². The molecule has 1 heterocycles. The normalized spacial score (nSPS) is 12.0. The Hall–Kier alpha value is -1.55. The summed E-state index contributed by atoms with van der Waals surface area (Å²) >= 11 is 3.41. The van der Waals surface area contributed by atoms with Crippen LogP contribution in [-0.4, -0.2) is 17.6 Å². The zero-order valence-electron chi connectivity index (χ0n) is 12.0. The maximum Gasteiger partial charge on any atom is 0.129 e. The van der Waals surface area contributed by atoms with E-state index in [9.17, 15) is 0 Å². The van der Waals surface area contributed by atoms with Crippen LogP contribution in [0.25, 0.3) is 0 Å². The summed E-state index contributed by atoms with van der Waals surface area (Å²) in [5, 5.41) is 3.36. The summed E-state index contributed by atoms with van der Waals surface area (Å²) < 4.78 is 6.75. The van der Waals surface area contributed by atoms with Crippen molar-refractivity contribution in [1.29, 1.82) is 0 Å². The molecule has 1 aromatic heterocycles. The number of hydrogen-bond donors (Lipinski definition) is 1. The fraction of sp³-hybridized carbons (Fsp3) is 0.312. The van der Waals surface area contributed by atoms with E-state index >= 15 is 0 Å². The van der Waals surface area contributed by atoms with Crippen LogP contribution in [0, 0.1) is 13.8 Å². The van der Waals surface area contributed by atoms with Crippen molar-refractivity contribution in [2.45, 2.75) is 26.8 Å². The molecule has 0 radical (unpaired) electrons. The highest BCUT2D eigenvalue weighted by Crippen LogP contribution is 2.18. The van der Waals surface area contributed by atoms with E-state index in [1.165, 1.54) is 5.56 Å². The zero-order chi connectivity index (χ0) is 14.5. The Morgan fingerprint density at radius 3 is 2.60 bits per heavy atom. The second-order valence-corrected chi connectivity index (χ2v) is 5.90. The molecule has 0 saturated heterocycles. The number of ether oxygens (including phenoxy) is 1. The van der Waals surface area contributed by atoms with Crippen LogP contribution in [0.5, 0.6) is 5.75 Å². The molecule has 1 unspecified atom stereocenters. The van der Waals surface area contributed by atoms with Gasteiger partial charge in [0.1, 0.15) is 18.2 Å². The molecule has 0 aliphatic carbocycles. The fourth-order valence-electron chi connectivity index (χ4n) is 1.82. The van der Waals surface area contributed by atoms with Crippen molar-refractivity contribution in [3.63, 3.8) is 0 Å². The first kappa shape index (κ1) is 14.9. The maximum atomic E-state index is 5.76. The summed E-state index contributed by atoms with van der Waals surface area (Å²) in [4.78, 5) is 4.37. The molecule has 20 heavy (non-hydrogen) atoms. The number of anilines is 1. The van der Waals surface area contributed by atoms with Crippen LogP contribution >= 0.6 is 15.9 Å². The molecule has 2 rings (SSSR count). The highest BCUT2D eigenvalue weighted by Gasteiger charge is 2.07. The van der Waals surface area contributed by atoms with Gasteiger partial charge in [-0.3, -0.25) is 0 Å². The Kier molecular flexibility index (Phi) is 5.01. The molecule has 4 heteroatoms. The Morgan fingerprint density at radius 1 is 1.25 bits per heavy atom. The van der Waals surface area contributed by atoms with E-state index in [1.54, 1.807) is 6.20 Å². The SMILES string of the molecule is Cc1ccc(OCC(C)Nc2ncc(Br)cc2C)cc1. The number of nitrogens with zero attached hydrogens (tertiary/aromatic N) is 1. The molecule has 0 fully saturated rings. The van der Waals surface area contributed by atoms with Gasteiger partial charge in [-0.25, -0.2) is 4.98 Å². The van der Waals surface area contributed by atoms with Crippen LogP contribution in [-0.2, 0) is 0 Å². The minimum atomic E-state index is 0.184. The fourth-order valence-corrected chi connectivity index (χ4v) is 2.27. The lowest BCUT2D eigenvalue weighted by Gasteiger charge is -2.17. The summed E-state index contributed by atoms with van der Waals surface area (Å²) in [5.74, 6) is 1.79. The molecule has 2 aromatic rings. The van der Waals surface area contributed by atoms with E-state index in [0.29, 0.717) is 6.61 Å². The summed E-state index contributed by atoms with van der Waals surface area (Å²) in [6, 6.07) is 10.3. The van der Waals surface area contributed by atoms with Gasteiger partial charge in [0, 0.05) is 10.7 Å². The number of nitrogens with one attached hydrogen (secondary N) is 1. The van der Waals surface area contributed by atoms with Crippen LogP contribution in [0.1, 0.15) is 18.1 Å². The molecule has 0 bridgehead atoms.